The van der Waals surface area contributed by atoms with Gasteiger partial charge < -0.3 is 5.32 Å². The second-order valence-corrected chi connectivity index (χ2v) is 6.25. The van der Waals surface area contributed by atoms with Gasteiger partial charge in [0.2, 0.25) is 0 Å². The molecule has 0 radical (unpaired) electrons. The Morgan fingerprint density at radius 1 is 1.24 bits per heavy atom. The molecule has 17 heavy (non-hydrogen) atoms. The van der Waals surface area contributed by atoms with E-state index in [1.807, 2.05) is 11.8 Å². The van der Waals surface area contributed by atoms with Gasteiger partial charge in [0, 0.05) is 16.2 Å². The minimum absolute atomic E-state index is 0.556. The molecule has 0 aliphatic heterocycles. The number of aryl methyl sites for hydroxylation is 2. The summed E-state index contributed by atoms with van der Waals surface area (Å²) in [6.45, 7) is 12.2. The second kappa shape index (κ2) is 7.07. The van der Waals surface area contributed by atoms with Crippen LogP contribution in [0, 0.1) is 13.8 Å². The van der Waals surface area contributed by atoms with Crippen LogP contribution in [0.3, 0.4) is 0 Å². The normalized spacial score (nSPS) is 14.6. The third-order valence-corrected chi connectivity index (χ3v) is 4.56. The molecule has 0 spiro atoms. The van der Waals surface area contributed by atoms with Gasteiger partial charge in [0.1, 0.15) is 0 Å². The summed E-state index contributed by atoms with van der Waals surface area (Å²) in [5, 5.41) is 4.16. The van der Waals surface area contributed by atoms with E-state index in [1.54, 1.807) is 0 Å². The fourth-order valence-corrected chi connectivity index (χ4v) is 2.86. The highest BCUT2D eigenvalue weighted by atomic mass is 32.2. The highest BCUT2D eigenvalue weighted by Gasteiger charge is 2.13. The first-order valence-corrected chi connectivity index (χ1v) is 7.39. The van der Waals surface area contributed by atoms with Crippen molar-refractivity contribution in [1.29, 1.82) is 0 Å². The Balaban J connectivity index is 2.58. The molecule has 0 amide bonds. The molecule has 2 heteroatoms. The number of thioether (sulfide) groups is 1. The third kappa shape index (κ3) is 4.72. The Kier molecular flexibility index (Phi) is 6.07. The van der Waals surface area contributed by atoms with Crippen LogP contribution in [0.4, 0.5) is 0 Å². The first-order valence-electron chi connectivity index (χ1n) is 6.52. The summed E-state index contributed by atoms with van der Waals surface area (Å²) in [6, 6.07) is 7.27. The van der Waals surface area contributed by atoms with Crippen LogP contribution in [0.15, 0.2) is 23.1 Å². The van der Waals surface area contributed by atoms with Gasteiger partial charge in [-0.1, -0.05) is 31.5 Å². The molecular formula is C15H25NS. The number of benzene rings is 1. The maximum Gasteiger partial charge on any atom is 0.0217 e. The number of nitrogens with one attached hydrogen (secondary N) is 1. The second-order valence-electron chi connectivity index (χ2n) is 4.83. The summed E-state index contributed by atoms with van der Waals surface area (Å²) in [6.07, 6.45) is 1.20. The van der Waals surface area contributed by atoms with Gasteiger partial charge in [-0.25, -0.2) is 0 Å². The van der Waals surface area contributed by atoms with Crippen molar-refractivity contribution in [3.8, 4) is 0 Å². The molecular weight excluding hydrogens is 226 g/mol. The SMILES string of the molecule is CCCNC(C)C(C)Sc1ccc(C)cc1C. The first kappa shape index (κ1) is 14.6. The number of rotatable bonds is 6. The fourth-order valence-electron chi connectivity index (χ4n) is 1.77. The van der Waals surface area contributed by atoms with Gasteiger partial charge in [-0.3, -0.25) is 0 Å². The lowest BCUT2D eigenvalue weighted by atomic mass is 10.2. The maximum atomic E-state index is 3.56. The summed E-state index contributed by atoms with van der Waals surface area (Å²) >= 11 is 1.97. The molecule has 1 rings (SSSR count). The van der Waals surface area contributed by atoms with E-state index in [4.69, 9.17) is 0 Å². The molecule has 1 aromatic carbocycles. The van der Waals surface area contributed by atoms with E-state index in [1.165, 1.54) is 22.4 Å². The highest BCUT2D eigenvalue weighted by molar-refractivity contribution is 8.00. The topological polar surface area (TPSA) is 12.0 Å². The lowest BCUT2D eigenvalue weighted by molar-refractivity contribution is 0.542. The predicted molar refractivity (Wildman–Crippen MR) is 79.0 cm³/mol. The van der Waals surface area contributed by atoms with Crippen LogP contribution in [0.1, 0.15) is 38.3 Å². The molecule has 1 N–H and O–H groups in total. The van der Waals surface area contributed by atoms with Gasteiger partial charge in [0.05, 0.1) is 0 Å². The summed E-state index contributed by atoms with van der Waals surface area (Å²) < 4.78 is 0. The van der Waals surface area contributed by atoms with Crippen LogP contribution < -0.4 is 5.32 Å². The van der Waals surface area contributed by atoms with Crippen molar-refractivity contribution in [2.45, 2.75) is 57.2 Å². The molecule has 0 aliphatic carbocycles. The van der Waals surface area contributed by atoms with Crippen molar-refractivity contribution >= 4 is 11.8 Å². The molecule has 0 aromatic heterocycles. The molecule has 0 saturated carbocycles. The van der Waals surface area contributed by atoms with Crippen molar-refractivity contribution < 1.29 is 0 Å². The van der Waals surface area contributed by atoms with Crippen LogP contribution in [0.5, 0.6) is 0 Å². The Hall–Kier alpha value is -0.470. The zero-order valence-corrected chi connectivity index (χ0v) is 12.5. The van der Waals surface area contributed by atoms with Crippen molar-refractivity contribution in [3.63, 3.8) is 0 Å². The molecule has 1 nitrogen and oxygen atoms in total. The van der Waals surface area contributed by atoms with Gasteiger partial charge in [-0.2, -0.15) is 0 Å². The van der Waals surface area contributed by atoms with E-state index in [2.05, 4.69) is 58.1 Å². The van der Waals surface area contributed by atoms with E-state index in [0.717, 1.165) is 6.54 Å². The van der Waals surface area contributed by atoms with Crippen LogP contribution in [0.25, 0.3) is 0 Å². The quantitative estimate of drug-likeness (QED) is 0.762. The summed E-state index contributed by atoms with van der Waals surface area (Å²) in [7, 11) is 0. The maximum absolute atomic E-state index is 3.56. The van der Waals surface area contributed by atoms with E-state index in [9.17, 15) is 0 Å². The van der Waals surface area contributed by atoms with E-state index in [0.29, 0.717) is 11.3 Å². The predicted octanol–water partition coefficient (Wildman–Crippen LogP) is 4.17. The average molecular weight is 251 g/mol. The van der Waals surface area contributed by atoms with Crippen LogP contribution in [-0.4, -0.2) is 17.8 Å². The zero-order chi connectivity index (χ0) is 12.8. The first-order chi connectivity index (χ1) is 8.04. The van der Waals surface area contributed by atoms with Gasteiger partial charge >= 0.3 is 0 Å². The fraction of sp³-hybridized carbons (Fsp3) is 0.600. The van der Waals surface area contributed by atoms with E-state index < -0.39 is 0 Å². The molecule has 0 fully saturated rings. The van der Waals surface area contributed by atoms with Crippen LogP contribution >= 0.6 is 11.8 Å². The summed E-state index contributed by atoms with van der Waals surface area (Å²) in [4.78, 5) is 1.41. The molecule has 1 aromatic rings. The third-order valence-electron chi connectivity index (χ3n) is 3.06. The monoisotopic (exact) mass is 251 g/mol. The minimum atomic E-state index is 0.556. The van der Waals surface area contributed by atoms with Crippen molar-refractivity contribution in [2.75, 3.05) is 6.54 Å². The average Bonchev–Trinajstić information content (AvgIpc) is 2.29. The van der Waals surface area contributed by atoms with Crippen LogP contribution in [0.2, 0.25) is 0 Å². The summed E-state index contributed by atoms with van der Waals surface area (Å²) in [5.74, 6) is 0. The molecule has 2 unspecified atom stereocenters. The number of hydrogen-bond acceptors (Lipinski definition) is 2. The Morgan fingerprint density at radius 2 is 1.94 bits per heavy atom. The Bertz CT molecular complexity index is 349. The smallest absolute Gasteiger partial charge is 0.0217 e. The molecule has 0 aliphatic rings. The summed E-state index contributed by atoms with van der Waals surface area (Å²) in [5.41, 5.74) is 2.74. The van der Waals surface area contributed by atoms with Crippen molar-refractivity contribution in [1.82, 2.24) is 5.32 Å². The van der Waals surface area contributed by atoms with Crippen molar-refractivity contribution in [3.05, 3.63) is 29.3 Å². The molecule has 0 heterocycles. The molecule has 96 valence electrons. The lowest BCUT2D eigenvalue weighted by Crippen LogP contribution is -2.34. The standard InChI is InChI=1S/C15H25NS/c1-6-9-16-13(4)14(5)17-15-8-7-11(2)10-12(15)3/h7-8,10,13-14,16H,6,9H2,1-5H3. The Morgan fingerprint density at radius 3 is 2.53 bits per heavy atom. The van der Waals surface area contributed by atoms with Gasteiger partial charge in [0.25, 0.3) is 0 Å². The molecule has 2 atom stereocenters. The van der Waals surface area contributed by atoms with Gasteiger partial charge in [-0.05, 0) is 45.4 Å². The largest absolute Gasteiger partial charge is 0.313 e. The van der Waals surface area contributed by atoms with Gasteiger partial charge in [-0.15, -0.1) is 11.8 Å². The Labute approximate surface area is 110 Å². The van der Waals surface area contributed by atoms with E-state index >= 15 is 0 Å². The van der Waals surface area contributed by atoms with Crippen LogP contribution in [-0.2, 0) is 0 Å². The highest BCUT2D eigenvalue weighted by Crippen LogP contribution is 2.28. The minimum Gasteiger partial charge on any atom is -0.313 e. The lowest BCUT2D eigenvalue weighted by Gasteiger charge is -2.21. The molecule has 0 bridgehead atoms. The van der Waals surface area contributed by atoms with Gasteiger partial charge in [0.15, 0.2) is 0 Å². The number of hydrogen-bond donors (Lipinski definition) is 1. The molecule has 0 saturated heterocycles. The van der Waals surface area contributed by atoms with Crippen molar-refractivity contribution in [2.24, 2.45) is 0 Å². The zero-order valence-electron chi connectivity index (χ0n) is 11.7. The van der Waals surface area contributed by atoms with E-state index in [-0.39, 0.29) is 0 Å².